The Kier molecular flexibility index (Phi) is 8.05. The first-order chi connectivity index (χ1) is 13.9. The van der Waals surface area contributed by atoms with Crippen LogP contribution >= 0.6 is 0 Å². The number of amides is 1. The average molecular weight is 395 g/mol. The number of nitrogens with one attached hydrogen (secondary N) is 2. The molecule has 2 N–H and O–H groups in total. The minimum absolute atomic E-state index is 0.0945. The zero-order valence-corrected chi connectivity index (χ0v) is 17.9. The van der Waals surface area contributed by atoms with Crippen LogP contribution in [0.3, 0.4) is 0 Å². The second-order valence-electron chi connectivity index (χ2n) is 6.85. The average Bonchev–Trinajstić information content (AvgIpc) is 3.02. The van der Waals surface area contributed by atoms with Gasteiger partial charge in [0.05, 0.1) is 24.3 Å². The zero-order chi connectivity index (χ0) is 21.4. The topological polar surface area (TPSA) is 81.2 Å². The van der Waals surface area contributed by atoms with Crippen LogP contribution in [0, 0.1) is 25.2 Å². The number of ether oxygens (including phenoxy) is 1. The van der Waals surface area contributed by atoms with Crippen LogP contribution in [-0.2, 0) is 0 Å². The molecule has 1 heterocycles. The Morgan fingerprint density at radius 1 is 1.31 bits per heavy atom. The molecule has 0 bridgehead atoms. The smallest absolute Gasteiger partial charge is 0.253 e. The SMILES string of the molecule is CCN(CC)CCNC(=O)c1c(C)[nH]c(/C=C(\C#N)c2cccc(OC)c2)c1C. The molecule has 1 aromatic heterocycles. The van der Waals surface area contributed by atoms with E-state index in [4.69, 9.17) is 4.74 Å². The number of hydrogen-bond acceptors (Lipinski definition) is 4. The minimum atomic E-state index is -0.0945. The number of carbonyl (C=O) groups is 1. The van der Waals surface area contributed by atoms with E-state index in [1.165, 1.54) is 0 Å². The van der Waals surface area contributed by atoms with Crippen LogP contribution in [0.2, 0.25) is 0 Å². The van der Waals surface area contributed by atoms with Crippen LogP contribution in [0.4, 0.5) is 0 Å². The van der Waals surface area contributed by atoms with Crippen molar-refractivity contribution in [1.82, 2.24) is 15.2 Å². The molecule has 0 atom stereocenters. The van der Waals surface area contributed by atoms with Gasteiger partial charge in [0.15, 0.2) is 0 Å². The summed E-state index contributed by atoms with van der Waals surface area (Å²) in [5.74, 6) is 0.597. The fourth-order valence-electron chi connectivity index (χ4n) is 3.33. The lowest BCUT2D eigenvalue weighted by Gasteiger charge is -2.18. The van der Waals surface area contributed by atoms with Gasteiger partial charge in [0.25, 0.3) is 5.91 Å². The molecule has 0 saturated heterocycles. The minimum Gasteiger partial charge on any atom is -0.497 e. The Morgan fingerprint density at radius 3 is 2.66 bits per heavy atom. The van der Waals surface area contributed by atoms with Gasteiger partial charge in [0, 0.05) is 24.5 Å². The van der Waals surface area contributed by atoms with Crippen molar-refractivity contribution in [3.05, 3.63) is 52.3 Å². The second-order valence-corrected chi connectivity index (χ2v) is 6.85. The number of carbonyl (C=O) groups excluding carboxylic acids is 1. The molecule has 154 valence electrons. The molecule has 6 nitrogen and oxygen atoms in total. The van der Waals surface area contributed by atoms with Crippen LogP contribution in [0.15, 0.2) is 24.3 Å². The molecule has 0 aliphatic carbocycles. The van der Waals surface area contributed by atoms with Gasteiger partial charge in [-0.15, -0.1) is 0 Å². The number of aryl methyl sites for hydroxylation is 1. The molecule has 29 heavy (non-hydrogen) atoms. The van der Waals surface area contributed by atoms with Crippen molar-refractivity contribution in [2.75, 3.05) is 33.3 Å². The first-order valence-corrected chi connectivity index (χ1v) is 9.91. The lowest BCUT2D eigenvalue weighted by atomic mass is 10.0. The molecule has 0 aliphatic rings. The van der Waals surface area contributed by atoms with Gasteiger partial charge in [-0.1, -0.05) is 26.0 Å². The molecule has 0 aliphatic heterocycles. The Morgan fingerprint density at radius 2 is 2.03 bits per heavy atom. The van der Waals surface area contributed by atoms with Crippen LogP contribution in [-0.4, -0.2) is 49.1 Å². The number of hydrogen-bond donors (Lipinski definition) is 2. The maximum atomic E-state index is 12.7. The molecular formula is C23H30N4O2. The van der Waals surface area contributed by atoms with E-state index >= 15 is 0 Å². The molecule has 1 amide bonds. The van der Waals surface area contributed by atoms with Crippen LogP contribution < -0.4 is 10.1 Å². The highest BCUT2D eigenvalue weighted by atomic mass is 16.5. The largest absolute Gasteiger partial charge is 0.497 e. The Bertz CT molecular complexity index is 917. The van der Waals surface area contributed by atoms with Crippen molar-refractivity contribution in [3.8, 4) is 11.8 Å². The number of nitriles is 1. The molecule has 0 fully saturated rings. The highest BCUT2D eigenvalue weighted by molar-refractivity contribution is 5.99. The molecule has 6 heteroatoms. The predicted molar refractivity (Wildman–Crippen MR) is 117 cm³/mol. The highest BCUT2D eigenvalue weighted by Gasteiger charge is 2.18. The third-order valence-corrected chi connectivity index (χ3v) is 5.10. The highest BCUT2D eigenvalue weighted by Crippen LogP contribution is 2.25. The van der Waals surface area contributed by atoms with Gasteiger partial charge in [-0.3, -0.25) is 4.79 Å². The monoisotopic (exact) mass is 394 g/mol. The summed E-state index contributed by atoms with van der Waals surface area (Å²) < 4.78 is 5.25. The fraction of sp³-hybridized carbons (Fsp3) is 0.391. The van der Waals surface area contributed by atoms with E-state index in [2.05, 4.69) is 35.1 Å². The summed E-state index contributed by atoms with van der Waals surface area (Å²) in [5, 5.41) is 12.6. The third-order valence-electron chi connectivity index (χ3n) is 5.10. The van der Waals surface area contributed by atoms with Gasteiger partial charge < -0.3 is 19.9 Å². The van der Waals surface area contributed by atoms with Crippen LogP contribution in [0.1, 0.15) is 46.7 Å². The van der Waals surface area contributed by atoms with E-state index in [0.717, 1.165) is 42.1 Å². The molecule has 2 aromatic rings. The normalized spacial score (nSPS) is 11.4. The predicted octanol–water partition coefficient (Wildman–Crippen LogP) is 3.78. The number of nitrogens with zero attached hydrogens (tertiary/aromatic N) is 2. The number of methoxy groups -OCH3 is 1. The molecule has 0 unspecified atom stereocenters. The van der Waals surface area contributed by atoms with Crippen molar-refractivity contribution >= 4 is 17.6 Å². The van der Waals surface area contributed by atoms with Crippen molar-refractivity contribution in [2.24, 2.45) is 0 Å². The number of allylic oxidation sites excluding steroid dienone is 1. The van der Waals surface area contributed by atoms with E-state index in [1.54, 1.807) is 13.2 Å². The Balaban J connectivity index is 2.24. The lowest BCUT2D eigenvalue weighted by Crippen LogP contribution is -2.35. The Labute approximate surface area is 173 Å². The molecule has 0 spiro atoms. The first-order valence-electron chi connectivity index (χ1n) is 9.91. The molecular weight excluding hydrogens is 364 g/mol. The van der Waals surface area contributed by atoms with Crippen LogP contribution in [0.5, 0.6) is 5.75 Å². The summed E-state index contributed by atoms with van der Waals surface area (Å²) in [6, 6.07) is 9.61. The molecule has 1 aromatic carbocycles. The summed E-state index contributed by atoms with van der Waals surface area (Å²) in [6.45, 7) is 11.3. The van der Waals surface area contributed by atoms with E-state index in [9.17, 15) is 10.1 Å². The summed E-state index contributed by atoms with van der Waals surface area (Å²) in [6.07, 6.45) is 1.78. The maximum Gasteiger partial charge on any atom is 0.253 e. The van der Waals surface area contributed by atoms with Crippen molar-refractivity contribution in [1.29, 1.82) is 5.26 Å². The number of rotatable bonds is 9. The number of likely N-dealkylation sites (N-methyl/N-ethyl adjacent to an activating group) is 1. The van der Waals surface area contributed by atoms with Gasteiger partial charge in [-0.05, 0) is 56.3 Å². The Hall–Kier alpha value is -3.04. The van der Waals surface area contributed by atoms with E-state index in [-0.39, 0.29) is 5.91 Å². The van der Waals surface area contributed by atoms with Gasteiger partial charge in [-0.2, -0.15) is 5.26 Å². The standard InChI is InChI=1S/C23H30N4O2/c1-6-27(7-2)12-11-25-23(28)22-16(3)21(26-17(22)4)14-19(15-24)18-9-8-10-20(13-18)29-5/h8-10,13-14,26H,6-7,11-12H2,1-5H3,(H,25,28)/b19-14+. The summed E-state index contributed by atoms with van der Waals surface area (Å²) in [5.41, 5.74) is 4.29. The van der Waals surface area contributed by atoms with E-state index in [1.807, 2.05) is 38.1 Å². The van der Waals surface area contributed by atoms with Crippen molar-refractivity contribution in [2.45, 2.75) is 27.7 Å². The third kappa shape index (κ3) is 5.49. The van der Waals surface area contributed by atoms with Crippen molar-refractivity contribution in [3.63, 3.8) is 0 Å². The fourth-order valence-corrected chi connectivity index (χ4v) is 3.33. The summed E-state index contributed by atoms with van der Waals surface area (Å²) in [4.78, 5) is 18.2. The van der Waals surface area contributed by atoms with E-state index < -0.39 is 0 Å². The lowest BCUT2D eigenvalue weighted by molar-refractivity contribution is 0.0948. The number of aromatic nitrogens is 1. The van der Waals surface area contributed by atoms with Gasteiger partial charge in [0.2, 0.25) is 0 Å². The maximum absolute atomic E-state index is 12.7. The number of H-pyrrole nitrogens is 1. The van der Waals surface area contributed by atoms with Gasteiger partial charge in [0.1, 0.15) is 5.75 Å². The number of benzene rings is 1. The zero-order valence-electron chi connectivity index (χ0n) is 17.9. The second kappa shape index (κ2) is 10.5. The van der Waals surface area contributed by atoms with Crippen LogP contribution in [0.25, 0.3) is 11.6 Å². The first kappa shape index (κ1) is 22.3. The summed E-state index contributed by atoms with van der Waals surface area (Å²) >= 11 is 0. The quantitative estimate of drug-likeness (QED) is 0.634. The van der Waals surface area contributed by atoms with E-state index in [0.29, 0.717) is 23.4 Å². The van der Waals surface area contributed by atoms with Gasteiger partial charge in [-0.25, -0.2) is 0 Å². The molecule has 0 saturated carbocycles. The molecule has 2 rings (SSSR count). The van der Waals surface area contributed by atoms with Crippen molar-refractivity contribution < 1.29 is 9.53 Å². The number of aromatic amines is 1. The summed E-state index contributed by atoms with van der Waals surface area (Å²) in [7, 11) is 1.60. The molecule has 0 radical (unpaired) electrons. The van der Waals surface area contributed by atoms with Gasteiger partial charge >= 0.3 is 0 Å².